The quantitative estimate of drug-likeness (QED) is 0.917. The smallest absolute Gasteiger partial charge is 0.273 e. The van der Waals surface area contributed by atoms with Crippen molar-refractivity contribution in [2.45, 2.75) is 31.8 Å². The molecule has 1 N–H and O–H groups in total. The molecule has 2 aromatic rings. The van der Waals surface area contributed by atoms with Gasteiger partial charge in [0.2, 0.25) is 0 Å². The van der Waals surface area contributed by atoms with E-state index < -0.39 is 0 Å². The number of carbonyl (C=O) groups is 1. The fourth-order valence-corrected chi connectivity index (χ4v) is 3.92. The van der Waals surface area contributed by atoms with Crippen LogP contribution in [0.25, 0.3) is 0 Å². The number of aliphatic hydroxyl groups excluding tert-OH is 1. The minimum atomic E-state index is -0.269. The Hall–Kier alpha value is -1.72. The number of hydrogen-bond donors (Lipinski definition) is 1. The monoisotopic (exact) mass is 330 g/mol. The van der Waals surface area contributed by atoms with Crippen LogP contribution in [-0.4, -0.2) is 40.6 Å². The maximum absolute atomic E-state index is 12.5. The third-order valence-corrected chi connectivity index (χ3v) is 5.29. The molecular formula is C18H22N2O2S. The fraction of sp³-hybridized carbons (Fsp3) is 0.444. The summed E-state index contributed by atoms with van der Waals surface area (Å²) in [6, 6.07) is 10.1. The SMILES string of the molecule is CN(CC1CCCC1O)C(=O)c1csc(Cc2ccccc2)n1. The van der Waals surface area contributed by atoms with Gasteiger partial charge in [0.1, 0.15) is 5.69 Å². The zero-order valence-corrected chi connectivity index (χ0v) is 14.1. The molecule has 0 radical (unpaired) electrons. The van der Waals surface area contributed by atoms with Crippen molar-refractivity contribution in [3.05, 3.63) is 52.0 Å². The van der Waals surface area contributed by atoms with Crippen molar-refractivity contribution in [1.29, 1.82) is 0 Å². The van der Waals surface area contributed by atoms with Gasteiger partial charge in [-0.3, -0.25) is 4.79 Å². The zero-order chi connectivity index (χ0) is 16.2. The van der Waals surface area contributed by atoms with Crippen LogP contribution in [0.1, 0.15) is 40.3 Å². The average Bonchev–Trinajstić information content (AvgIpc) is 3.17. The first kappa shape index (κ1) is 16.1. The Morgan fingerprint density at radius 1 is 1.35 bits per heavy atom. The van der Waals surface area contributed by atoms with E-state index in [0.29, 0.717) is 12.2 Å². The Kier molecular flexibility index (Phi) is 5.08. The molecule has 3 rings (SSSR count). The van der Waals surface area contributed by atoms with Gasteiger partial charge in [0.05, 0.1) is 11.1 Å². The second kappa shape index (κ2) is 7.23. The van der Waals surface area contributed by atoms with E-state index in [1.165, 1.54) is 16.9 Å². The summed E-state index contributed by atoms with van der Waals surface area (Å²) in [5.41, 5.74) is 1.71. The van der Waals surface area contributed by atoms with E-state index in [0.717, 1.165) is 30.7 Å². The van der Waals surface area contributed by atoms with Gasteiger partial charge in [0.15, 0.2) is 0 Å². The number of rotatable bonds is 5. The number of aliphatic hydroxyl groups is 1. The molecule has 23 heavy (non-hydrogen) atoms. The molecule has 1 amide bonds. The lowest BCUT2D eigenvalue weighted by atomic mass is 10.1. The molecule has 2 unspecified atom stereocenters. The molecule has 122 valence electrons. The van der Waals surface area contributed by atoms with Crippen molar-refractivity contribution < 1.29 is 9.90 Å². The van der Waals surface area contributed by atoms with Crippen molar-refractivity contribution in [2.24, 2.45) is 5.92 Å². The van der Waals surface area contributed by atoms with E-state index in [1.54, 1.807) is 11.9 Å². The summed E-state index contributed by atoms with van der Waals surface area (Å²) in [7, 11) is 1.80. The number of carbonyl (C=O) groups excluding carboxylic acids is 1. The Labute approximate surface area is 140 Å². The first-order chi connectivity index (χ1) is 11.1. The first-order valence-electron chi connectivity index (χ1n) is 8.05. The highest BCUT2D eigenvalue weighted by Crippen LogP contribution is 2.26. The normalized spacial score (nSPS) is 20.6. The maximum Gasteiger partial charge on any atom is 0.273 e. The first-order valence-corrected chi connectivity index (χ1v) is 8.93. The molecule has 4 nitrogen and oxygen atoms in total. The van der Waals surface area contributed by atoms with Crippen LogP contribution in [0.15, 0.2) is 35.7 Å². The second-order valence-electron chi connectivity index (χ2n) is 6.23. The van der Waals surface area contributed by atoms with Gasteiger partial charge < -0.3 is 10.0 Å². The molecule has 1 saturated carbocycles. The lowest BCUT2D eigenvalue weighted by Crippen LogP contribution is -2.34. The third-order valence-electron chi connectivity index (χ3n) is 4.44. The van der Waals surface area contributed by atoms with Crippen molar-refractivity contribution >= 4 is 17.2 Å². The van der Waals surface area contributed by atoms with Crippen LogP contribution in [-0.2, 0) is 6.42 Å². The molecular weight excluding hydrogens is 308 g/mol. The summed E-state index contributed by atoms with van der Waals surface area (Å²) >= 11 is 1.53. The standard InChI is InChI=1S/C18H22N2O2S/c1-20(11-14-8-5-9-16(14)21)18(22)15-12-23-17(19-15)10-13-6-3-2-4-7-13/h2-4,6-7,12,14,16,21H,5,8-11H2,1H3. The number of hydrogen-bond acceptors (Lipinski definition) is 4. The van der Waals surface area contributed by atoms with Gasteiger partial charge >= 0.3 is 0 Å². The third kappa shape index (κ3) is 3.98. The van der Waals surface area contributed by atoms with Crippen molar-refractivity contribution in [3.8, 4) is 0 Å². The highest BCUT2D eigenvalue weighted by molar-refractivity contribution is 7.09. The minimum Gasteiger partial charge on any atom is -0.393 e. The van der Waals surface area contributed by atoms with Crippen LogP contribution in [0.3, 0.4) is 0 Å². The van der Waals surface area contributed by atoms with Gasteiger partial charge in [-0.25, -0.2) is 4.98 Å². The minimum absolute atomic E-state index is 0.0559. The van der Waals surface area contributed by atoms with Gasteiger partial charge in [-0.1, -0.05) is 36.8 Å². The molecule has 1 heterocycles. The Morgan fingerprint density at radius 2 is 2.13 bits per heavy atom. The van der Waals surface area contributed by atoms with E-state index in [2.05, 4.69) is 17.1 Å². The van der Waals surface area contributed by atoms with Crippen molar-refractivity contribution in [2.75, 3.05) is 13.6 Å². The number of benzene rings is 1. The Balaban J connectivity index is 1.61. The van der Waals surface area contributed by atoms with E-state index in [-0.39, 0.29) is 17.9 Å². The predicted molar refractivity (Wildman–Crippen MR) is 91.7 cm³/mol. The molecule has 0 bridgehead atoms. The summed E-state index contributed by atoms with van der Waals surface area (Å²) in [6.45, 7) is 0.603. The number of aromatic nitrogens is 1. The van der Waals surface area contributed by atoms with Crippen molar-refractivity contribution in [1.82, 2.24) is 9.88 Å². The molecule has 0 aliphatic heterocycles. The molecule has 1 aromatic heterocycles. The molecule has 5 heteroatoms. The molecule has 2 atom stereocenters. The van der Waals surface area contributed by atoms with Crippen molar-refractivity contribution in [3.63, 3.8) is 0 Å². The molecule has 0 saturated heterocycles. The average molecular weight is 330 g/mol. The highest BCUT2D eigenvalue weighted by Gasteiger charge is 2.28. The lowest BCUT2D eigenvalue weighted by Gasteiger charge is -2.22. The van der Waals surface area contributed by atoms with Gasteiger partial charge in [-0.15, -0.1) is 11.3 Å². The van der Waals surface area contributed by atoms with E-state index in [4.69, 9.17) is 0 Å². The van der Waals surface area contributed by atoms with Gasteiger partial charge in [-0.2, -0.15) is 0 Å². The van der Waals surface area contributed by atoms with Gasteiger partial charge in [-0.05, 0) is 18.4 Å². The topological polar surface area (TPSA) is 53.4 Å². The Morgan fingerprint density at radius 3 is 2.83 bits per heavy atom. The molecule has 1 aliphatic carbocycles. The Bertz CT molecular complexity index is 656. The molecule has 1 fully saturated rings. The van der Waals surface area contributed by atoms with E-state index in [9.17, 15) is 9.90 Å². The summed E-state index contributed by atoms with van der Waals surface area (Å²) in [6.07, 6.45) is 3.38. The van der Waals surface area contributed by atoms with Gasteiger partial charge in [0, 0.05) is 31.3 Å². The van der Waals surface area contributed by atoms with Crippen LogP contribution in [0.4, 0.5) is 0 Å². The summed E-state index contributed by atoms with van der Waals surface area (Å²) in [5, 5.41) is 12.7. The van der Waals surface area contributed by atoms with Crippen LogP contribution in [0, 0.1) is 5.92 Å². The van der Waals surface area contributed by atoms with E-state index in [1.807, 2.05) is 23.6 Å². The molecule has 0 spiro atoms. The van der Waals surface area contributed by atoms with Gasteiger partial charge in [0.25, 0.3) is 5.91 Å². The fourth-order valence-electron chi connectivity index (χ4n) is 3.12. The zero-order valence-electron chi connectivity index (χ0n) is 13.3. The number of nitrogens with zero attached hydrogens (tertiary/aromatic N) is 2. The number of thiazole rings is 1. The highest BCUT2D eigenvalue weighted by atomic mass is 32.1. The largest absolute Gasteiger partial charge is 0.393 e. The summed E-state index contributed by atoms with van der Waals surface area (Å²) in [5.74, 6) is 0.144. The van der Waals surface area contributed by atoms with Crippen LogP contribution >= 0.6 is 11.3 Å². The van der Waals surface area contributed by atoms with E-state index >= 15 is 0 Å². The predicted octanol–water partition coefficient (Wildman–Crippen LogP) is 2.97. The lowest BCUT2D eigenvalue weighted by molar-refractivity contribution is 0.0689. The number of amides is 1. The van der Waals surface area contributed by atoms with Crippen LogP contribution < -0.4 is 0 Å². The van der Waals surface area contributed by atoms with Crippen LogP contribution in [0.2, 0.25) is 0 Å². The second-order valence-corrected chi connectivity index (χ2v) is 7.18. The maximum atomic E-state index is 12.5. The summed E-state index contributed by atoms with van der Waals surface area (Å²) < 4.78 is 0. The molecule has 1 aliphatic rings. The summed E-state index contributed by atoms with van der Waals surface area (Å²) in [4.78, 5) is 18.7. The molecule has 1 aromatic carbocycles. The van der Waals surface area contributed by atoms with Crippen LogP contribution in [0.5, 0.6) is 0 Å².